The van der Waals surface area contributed by atoms with E-state index in [1.165, 1.54) is 0 Å². The third kappa shape index (κ3) is 3.37. The molecule has 1 aliphatic heterocycles. The SMILES string of the molecule is CC1(C)OB(c2cccc(N=Cc3ccc(O)cc3)c2)OC1(C)C. The second-order valence-corrected chi connectivity index (χ2v) is 7.03. The van der Waals surface area contributed by atoms with Gasteiger partial charge in [-0.15, -0.1) is 0 Å². The summed E-state index contributed by atoms with van der Waals surface area (Å²) in [5.41, 5.74) is 1.99. The zero-order valence-electron chi connectivity index (χ0n) is 14.5. The Bertz CT molecular complexity index is 737. The summed E-state index contributed by atoms with van der Waals surface area (Å²) in [7, 11) is -0.390. The largest absolute Gasteiger partial charge is 0.508 e. The number of aromatic hydroxyl groups is 1. The Labute approximate surface area is 143 Å². The van der Waals surface area contributed by atoms with Crippen LogP contribution in [0.4, 0.5) is 5.69 Å². The Hall–Kier alpha value is -2.11. The van der Waals surface area contributed by atoms with E-state index in [0.717, 1.165) is 16.7 Å². The highest BCUT2D eigenvalue weighted by atomic mass is 16.7. The van der Waals surface area contributed by atoms with Crippen molar-refractivity contribution in [3.05, 3.63) is 54.1 Å². The van der Waals surface area contributed by atoms with Crippen LogP contribution in [0.2, 0.25) is 0 Å². The summed E-state index contributed by atoms with van der Waals surface area (Å²) in [5, 5.41) is 9.31. The zero-order chi connectivity index (χ0) is 17.4. The van der Waals surface area contributed by atoms with Crippen molar-refractivity contribution >= 4 is 24.5 Å². The van der Waals surface area contributed by atoms with Crippen molar-refractivity contribution in [3.8, 4) is 5.75 Å². The molecule has 0 aliphatic carbocycles. The van der Waals surface area contributed by atoms with Crippen LogP contribution in [0.5, 0.6) is 5.75 Å². The molecule has 0 aromatic heterocycles. The molecule has 5 heteroatoms. The Morgan fingerprint density at radius 2 is 1.58 bits per heavy atom. The summed E-state index contributed by atoms with van der Waals surface area (Å²) >= 11 is 0. The molecule has 0 bridgehead atoms. The van der Waals surface area contributed by atoms with Gasteiger partial charge in [-0.2, -0.15) is 0 Å². The molecule has 24 heavy (non-hydrogen) atoms. The molecule has 3 rings (SSSR count). The molecule has 1 N–H and O–H groups in total. The van der Waals surface area contributed by atoms with Crippen molar-refractivity contribution < 1.29 is 14.4 Å². The maximum absolute atomic E-state index is 9.31. The second kappa shape index (κ2) is 6.08. The Kier molecular flexibility index (Phi) is 4.24. The molecular formula is C19H22BNO3. The first-order valence-electron chi connectivity index (χ1n) is 8.06. The third-order valence-corrected chi connectivity index (χ3v) is 4.65. The normalized spacial score (nSPS) is 19.1. The predicted molar refractivity (Wildman–Crippen MR) is 97.5 cm³/mol. The van der Waals surface area contributed by atoms with Crippen molar-refractivity contribution in [2.24, 2.45) is 4.99 Å². The lowest BCUT2D eigenvalue weighted by Gasteiger charge is -2.32. The first-order chi connectivity index (χ1) is 11.3. The minimum absolute atomic E-state index is 0.245. The van der Waals surface area contributed by atoms with Crippen LogP contribution >= 0.6 is 0 Å². The molecule has 0 amide bonds. The van der Waals surface area contributed by atoms with Crippen LogP contribution in [-0.2, 0) is 9.31 Å². The zero-order valence-corrected chi connectivity index (χ0v) is 14.5. The first-order valence-corrected chi connectivity index (χ1v) is 8.06. The van der Waals surface area contributed by atoms with Crippen molar-refractivity contribution in [1.29, 1.82) is 0 Å². The molecule has 1 aliphatic rings. The number of phenols is 1. The van der Waals surface area contributed by atoms with Gasteiger partial charge in [0.2, 0.25) is 0 Å². The van der Waals surface area contributed by atoms with Gasteiger partial charge in [-0.25, -0.2) is 0 Å². The van der Waals surface area contributed by atoms with Gasteiger partial charge in [0, 0.05) is 6.21 Å². The van der Waals surface area contributed by atoms with Crippen LogP contribution < -0.4 is 5.46 Å². The van der Waals surface area contributed by atoms with Crippen molar-refractivity contribution in [3.63, 3.8) is 0 Å². The minimum Gasteiger partial charge on any atom is -0.508 e. The van der Waals surface area contributed by atoms with Crippen LogP contribution in [0.25, 0.3) is 0 Å². The van der Waals surface area contributed by atoms with E-state index in [1.54, 1.807) is 18.3 Å². The molecule has 2 aromatic carbocycles. The highest BCUT2D eigenvalue weighted by molar-refractivity contribution is 6.62. The first kappa shape index (κ1) is 16.7. The molecule has 1 fully saturated rings. The van der Waals surface area contributed by atoms with Gasteiger partial charge in [0.1, 0.15) is 5.75 Å². The smallest absolute Gasteiger partial charge is 0.494 e. The highest BCUT2D eigenvalue weighted by Gasteiger charge is 2.51. The lowest BCUT2D eigenvalue weighted by molar-refractivity contribution is 0.00578. The summed E-state index contributed by atoms with van der Waals surface area (Å²) in [4.78, 5) is 4.49. The topological polar surface area (TPSA) is 51.0 Å². The van der Waals surface area contributed by atoms with Gasteiger partial charge in [0.25, 0.3) is 0 Å². The third-order valence-electron chi connectivity index (χ3n) is 4.65. The molecule has 0 atom stereocenters. The molecule has 0 unspecified atom stereocenters. The fourth-order valence-electron chi connectivity index (χ4n) is 2.44. The fourth-order valence-corrected chi connectivity index (χ4v) is 2.44. The number of phenolic OH excluding ortho intramolecular Hbond substituents is 1. The lowest BCUT2D eigenvalue weighted by atomic mass is 9.79. The van der Waals surface area contributed by atoms with E-state index in [0.29, 0.717) is 0 Å². The molecule has 1 heterocycles. The Balaban J connectivity index is 1.79. The maximum Gasteiger partial charge on any atom is 0.494 e. The lowest BCUT2D eigenvalue weighted by Crippen LogP contribution is -2.41. The van der Waals surface area contributed by atoms with Crippen LogP contribution in [0, 0.1) is 0 Å². The van der Waals surface area contributed by atoms with Gasteiger partial charge in [-0.1, -0.05) is 12.1 Å². The number of hydrogen-bond donors (Lipinski definition) is 1. The molecule has 0 spiro atoms. The average molecular weight is 323 g/mol. The number of aliphatic imine (C=N–C) groups is 1. The van der Waals surface area contributed by atoms with Gasteiger partial charge in [-0.3, -0.25) is 4.99 Å². The van der Waals surface area contributed by atoms with E-state index in [2.05, 4.69) is 4.99 Å². The standard InChI is InChI=1S/C19H22BNO3/c1-18(2)19(3,4)24-20(23-18)15-6-5-7-16(12-15)21-13-14-8-10-17(22)11-9-14/h5-13,22H,1-4H3. The van der Waals surface area contributed by atoms with E-state index in [1.807, 2.05) is 64.1 Å². The van der Waals surface area contributed by atoms with Crippen LogP contribution in [0.3, 0.4) is 0 Å². The van der Waals surface area contributed by atoms with Gasteiger partial charge < -0.3 is 14.4 Å². The molecule has 4 nitrogen and oxygen atoms in total. The van der Waals surface area contributed by atoms with E-state index in [4.69, 9.17) is 9.31 Å². The molecular weight excluding hydrogens is 301 g/mol. The molecule has 124 valence electrons. The number of benzene rings is 2. The Morgan fingerprint density at radius 3 is 2.21 bits per heavy atom. The Morgan fingerprint density at radius 1 is 0.958 bits per heavy atom. The summed E-state index contributed by atoms with van der Waals surface area (Å²) in [6.45, 7) is 8.17. The molecule has 2 aromatic rings. The van der Waals surface area contributed by atoms with Crippen molar-refractivity contribution in [1.82, 2.24) is 0 Å². The van der Waals surface area contributed by atoms with Gasteiger partial charge >= 0.3 is 7.12 Å². The minimum atomic E-state index is -0.390. The van der Waals surface area contributed by atoms with E-state index in [-0.39, 0.29) is 24.1 Å². The monoisotopic (exact) mass is 323 g/mol. The van der Waals surface area contributed by atoms with Crippen LogP contribution in [-0.4, -0.2) is 29.6 Å². The average Bonchev–Trinajstić information content (AvgIpc) is 2.75. The predicted octanol–water partition coefficient (Wildman–Crippen LogP) is 3.44. The fraction of sp³-hybridized carbons (Fsp3) is 0.316. The summed E-state index contributed by atoms with van der Waals surface area (Å²) in [6, 6.07) is 14.8. The molecule has 0 radical (unpaired) electrons. The number of nitrogens with zero attached hydrogens (tertiary/aromatic N) is 1. The quantitative estimate of drug-likeness (QED) is 0.695. The van der Waals surface area contributed by atoms with Gasteiger partial charge in [0.05, 0.1) is 16.9 Å². The summed E-state index contributed by atoms with van der Waals surface area (Å²) in [6.07, 6.45) is 1.77. The molecule has 0 saturated carbocycles. The number of rotatable bonds is 3. The maximum atomic E-state index is 9.31. The van der Waals surface area contributed by atoms with E-state index >= 15 is 0 Å². The van der Waals surface area contributed by atoms with Crippen molar-refractivity contribution in [2.45, 2.75) is 38.9 Å². The summed E-state index contributed by atoms with van der Waals surface area (Å²) in [5.74, 6) is 0.245. The second-order valence-electron chi connectivity index (χ2n) is 7.03. The van der Waals surface area contributed by atoms with E-state index < -0.39 is 0 Å². The number of hydrogen-bond acceptors (Lipinski definition) is 4. The van der Waals surface area contributed by atoms with Gasteiger partial charge in [0.15, 0.2) is 0 Å². The molecule has 1 saturated heterocycles. The highest BCUT2D eigenvalue weighted by Crippen LogP contribution is 2.36. The van der Waals surface area contributed by atoms with Crippen LogP contribution in [0.15, 0.2) is 53.5 Å². The van der Waals surface area contributed by atoms with Gasteiger partial charge in [-0.05, 0) is 75.1 Å². The van der Waals surface area contributed by atoms with Crippen LogP contribution in [0.1, 0.15) is 33.3 Å². The van der Waals surface area contributed by atoms with E-state index in [9.17, 15) is 5.11 Å². The van der Waals surface area contributed by atoms with Crippen molar-refractivity contribution in [2.75, 3.05) is 0 Å². The summed E-state index contributed by atoms with van der Waals surface area (Å²) < 4.78 is 12.2.